The van der Waals surface area contributed by atoms with E-state index in [2.05, 4.69) is 10.6 Å². The van der Waals surface area contributed by atoms with Gasteiger partial charge in [-0.15, -0.1) is 0 Å². The fraction of sp³-hybridized carbons (Fsp3) is 0.600. The van der Waals surface area contributed by atoms with Gasteiger partial charge in [-0.2, -0.15) is 0 Å². The molecule has 0 saturated heterocycles. The summed E-state index contributed by atoms with van der Waals surface area (Å²) in [5.41, 5.74) is 0.342. The van der Waals surface area contributed by atoms with Crippen LogP contribution in [0, 0.1) is 5.82 Å². The van der Waals surface area contributed by atoms with Crippen LogP contribution in [0.5, 0.6) is 0 Å². The minimum absolute atomic E-state index is 0.0167. The first-order valence-electron chi connectivity index (χ1n) is 9.32. The van der Waals surface area contributed by atoms with Gasteiger partial charge in [-0.3, -0.25) is 4.79 Å². The van der Waals surface area contributed by atoms with Crippen LogP contribution in [0.15, 0.2) is 24.3 Å². The zero-order chi connectivity index (χ0) is 20.1. The molecule has 0 heterocycles. The lowest BCUT2D eigenvalue weighted by Gasteiger charge is -2.19. The summed E-state index contributed by atoms with van der Waals surface area (Å²) in [5, 5.41) is 5.52. The Balaban J connectivity index is 1.93. The van der Waals surface area contributed by atoms with Crippen molar-refractivity contribution < 1.29 is 23.5 Å². The summed E-state index contributed by atoms with van der Waals surface area (Å²) in [4.78, 5) is 23.1. The fourth-order valence-corrected chi connectivity index (χ4v) is 2.23. The van der Waals surface area contributed by atoms with Gasteiger partial charge in [-0.05, 0) is 51.3 Å². The highest BCUT2D eigenvalue weighted by Gasteiger charge is 2.15. The first-order valence-corrected chi connectivity index (χ1v) is 9.32. The summed E-state index contributed by atoms with van der Waals surface area (Å²) < 4.78 is 23.2. The second kappa shape index (κ2) is 12.3. The average molecular weight is 382 g/mol. The van der Waals surface area contributed by atoms with Crippen LogP contribution in [-0.4, -0.2) is 37.3 Å². The fourth-order valence-electron chi connectivity index (χ4n) is 2.23. The lowest BCUT2D eigenvalue weighted by Crippen LogP contribution is -2.33. The number of carbonyl (C=O) groups excluding carboxylic acids is 2. The molecule has 2 amide bonds. The van der Waals surface area contributed by atoms with E-state index in [0.717, 1.165) is 31.2 Å². The predicted octanol–water partition coefficient (Wildman–Crippen LogP) is 3.54. The quantitative estimate of drug-likeness (QED) is 0.574. The van der Waals surface area contributed by atoms with E-state index in [1.807, 2.05) is 20.8 Å². The summed E-state index contributed by atoms with van der Waals surface area (Å²) in [6, 6.07) is 5.99. The average Bonchev–Trinajstić information content (AvgIpc) is 2.57. The Kier molecular flexibility index (Phi) is 10.4. The van der Waals surface area contributed by atoms with E-state index in [4.69, 9.17) is 9.47 Å². The van der Waals surface area contributed by atoms with Crippen molar-refractivity contribution in [3.63, 3.8) is 0 Å². The van der Waals surface area contributed by atoms with Gasteiger partial charge in [0.2, 0.25) is 5.91 Å². The summed E-state index contributed by atoms with van der Waals surface area (Å²) in [6.07, 6.45) is 3.28. The third-order valence-electron chi connectivity index (χ3n) is 3.51. The molecule has 0 bridgehead atoms. The zero-order valence-electron chi connectivity index (χ0n) is 16.5. The highest BCUT2D eigenvalue weighted by atomic mass is 19.1. The molecule has 0 aliphatic rings. The first kappa shape index (κ1) is 22.9. The van der Waals surface area contributed by atoms with Crippen LogP contribution in [-0.2, 0) is 20.9 Å². The Bertz CT molecular complexity index is 570. The molecule has 0 atom stereocenters. The van der Waals surface area contributed by atoms with Crippen LogP contribution in [0.25, 0.3) is 0 Å². The van der Waals surface area contributed by atoms with Crippen molar-refractivity contribution in [1.29, 1.82) is 0 Å². The molecular weight excluding hydrogens is 351 g/mol. The van der Waals surface area contributed by atoms with Crippen molar-refractivity contribution in [3.05, 3.63) is 35.6 Å². The smallest absolute Gasteiger partial charge is 0.407 e. The number of hydrogen-bond donors (Lipinski definition) is 2. The Morgan fingerprint density at radius 2 is 1.56 bits per heavy atom. The lowest BCUT2D eigenvalue weighted by molar-refractivity contribution is -0.126. The SMILES string of the molecule is CC(C)(C)OC(=O)NCCCCCCNC(=O)COCc1ccc(F)cc1. The van der Waals surface area contributed by atoms with E-state index in [9.17, 15) is 14.0 Å². The van der Waals surface area contributed by atoms with Gasteiger partial charge in [-0.25, -0.2) is 9.18 Å². The number of halogens is 1. The maximum absolute atomic E-state index is 12.8. The van der Waals surface area contributed by atoms with Crippen molar-refractivity contribution in [1.82, 2.24) is 10.6 Å². The molecule has 6 nitrogen and oxygen atoms in total. The third kappa shape index (κ3) is 12.8. The molecule has 0 fully saturated rings. The van der Waals surface area contributed by atoms with Crippen LogP contribution >= 0.6 is 0 Å². The number of nitrogens with one attached hydrogen (secondary N) is 2. The summed E-state index contributed by atoms with van der Waals surface area (Å²) >= 11 is 0. The van der Waals surface area contributed by atoms with Gasteiger partial charge in [0, 0.05) is 13.1 Å². The predicted molar refractivity (Wildman–Crippen MR) is 102 cm³/mol. The topological polar surface area (TPSA) is 76.7 Å². The second-order valence-electron chi connectivity index (χ2n) is 7.31. The molecule has 27 heavy (non-hydrogen) atoms. The number of ether oxygens (including phenoxy) is 2. The maximum Gasteiger partial charge on any atom is 0.407 e. The van der Waals surface area contributed by atoms with Crippen LogP contribution < -0.4 is 10.6 Å². The molecular formula is C20H31FN2O4. The lowest BCUT2D eigenvalue weighted by atomic mass is 10.2. The number of amides is 2. The highest BCUT2D eigenvalue weighted by Crippen LogP contribution is 2.06. The van der Waals surface area contributed by atoms with E-state index in [0.29, 0.717) is 13.1 Å². The number of hydrogen-bond acceptors (Lipinski definition) is 4. The Morgan fingerprint density at radius 1 is 0.963 bits per heavy atom. The van der Waals surface area contributed by atoms with Gasteiger partial charge >= 0.3 is 6.09 Å². The van der Waals surface area contributed by atoms with Crippen molar-refractivity contribution in [2.24, 2.45) is 0 Å². The second-order valence-corrected chi connectivity index (χ2v) is 7.31. The Labute approximate surface area is 160 Å². The first-order chi connectivity index (χ1) is 12.8. The zero-order valence-corrected chi connectivity index (χ0v) is 16.5. The molecule has 0 unspecified atom stereocenters. The monoisotopic (exact) mass is 382 g/mol. The summed E-state index contributed by atoms with van der Waals surface area (Å²) in [7, 11) is 0. The summed E-state index contributed by atoms with van der Waals surface area (Å²) in [6.45, 7) is 6.92. The molecule has 1 rings (SSSR count). The number of alkyl carbamates (subject to hydrolysis) is 1. The number of benzene rings is 1. The number of rotatable bonds is 11. The molecule has 0 aromatic heterocycles. The molecule has 7 heteroatoms. The molecule has 0 spiro atoms. The van der Waals surface area contributed by atoms with E-state index >= 15 is 0 Å². The molecule has 0 radical (unpaired) electrons. The molecule has 1 aromatic rings. The van der Waals surface area contributed by atoms with Crippen molar-refractivity contribution in [2.75, 3.05) is 19.7 Å². The van der Waals surface area contributed by atoms with Crippen LogP contribution in [0.3, 0.4) is 0 Å². The van der Waals surface area contributed by atoms with E-state index in [1.54, 1.807) is 12.1 Å². The maximum atomic E-state index is 12.8. The molecule has 152 valence electrons. The molecule has 2 N–H and O–H groups in total. The minimum Gasteiger partial charge on any atom is -0.444 e. The minimum atomic E-state index is -0.481. The van der Waals surface area contributed by atoms with Gasteiger partial charge in [0.05, 0.1) is 6.61 Å². The number of carbonyl (C=O) groups is 2. The van der Waals surface area contributed by atoms with Gasteiger partial charge < -0.3 is 20.1 Å². The van der Waals surface area contributed by atoms with Crippen LogP contribution in [0.4, 0.5) is 9.18 Å². The van der Waals surface area contributed by atoms with Crippen molar-refractivity contribution in [3.8, 4) is 0 Å². The van der Waals surface area contributed by atoms with Gasteiger partial charge in [-0.1, -0.05) is 25.0 Å². The Morgan fingerprint density at radius 3 is 2.15 bits per heavy atom. The highest BCUT2D eigenvalue weighted by molar-refractivity contribution is 5.77. The summed E-state index contributed by atoms with van der Waals surface area (Å²) in [5.74, 6) is -0.458. The standard InChI is InChI=1S/C20H31FN2O4/c1-20(2,3)27-19(25)23-13-7-5-4-6-12-22-18(24)15-26-14-16-8-10-17(21)11-9-16/h8-11H,4-7,12-15H2,1-3H3,(H,22,24)(H,23,25). The number of unbranched alkanes of at least 4 members (excludes halogenated alkanes) is 3. The van der Waals surface area contributed by atoms with Gasteiger partial charge in [0.25, 0.3) is 0 Å². The van der Waals surface area contributed by atoms with Gasteiger partial charge in [0.1, 0.15) is 18.0 Å². The Hall–Kier alpha value is -2.15. The van der Waals surface area contributed by atoms with E-state index < -0.39 is 11.7 Å². The largest absolute Gasteiger partial charge is 0.444 e. The van der Waals surface area contributed by atoms with E-state index in [-0.39, 0.29) is 24.9 Å². The third-order valence-corrected chi connectivity index (χ3v) is 3.51. The molecule has 0 aliphatic heterocycles. The van der Waals surface area contributed by atoms with Gasteiger partial charge in [0.15, 0.2) is 0 Å². The molecule has 0 saturated carbocycles. The van der Waals surface area contributed by atoms with Crippen LogP contribution in [0.1, 0.15) is 52.0 Å². The normalized spacial score (nSPS) is 11.1. The molecule has 1 aromatic carbocycles. The molecule has 0 aliphatic carbocycles. The van der Waals surface area contributed by atoms with Crippen molar-refractivity contribution in [2.45, 2.75) is 58.7 Å². The van der Waals surface area contributed by atoms with Crippen molar-refractivity contribution >= 4 is 12.0 Å². The van der Waals surface area contributed by atoms with Crippen LogP contribution in [0.2, 0.25) is 0 Å². The van der Waals surface area contributed by atoms with E-state index in [1.165, 1.54) is 12.1 Å².